The molecule has 138 valence electrons. The Kier molecular flexibility index (Phi) is 5.52. The predicted molar refractivity (Wildman–Crippen MR) is 100 cm³/mol. The van der Waals surface area contributed by atoms with Gasteiger partial charge in [-0.05, 0) is 43.2 Å². The van der Waals surface area contributed by atoms with Crippen molar-refractivity contribution in [2.24, 2.45) is 0 Å². The van der Waals surface area contributed by atoms with Gasteiger partial charge >= 0.3 is 5.69 Å². The zero-order valence-electron chi connectivity index (χ0n) is 13.4. The third kappa shape index (κ3) is 3.85. The van der Waals surface area contributed by atoms with Gasteiger partial charge in [-0.1, -0.05) is 27.5 Å². The van der Waals surface area contributed by atoms with Crippen LogP contribution in [0.4, 0.5) is 5.69 Å². The molecule has 0 unspecified atom stereocenters. The highest BCUT2D eigenvalue weighted by Gasteiger charge is 2.30. The van der Waals surface area contributed by atoms with Gasteiger partial charge in [0.15, 0.2) is 0 Å². The Bertz CT molecular complexity index is 961. The van der Waals surface area contributed by atoms with E-state index in [1.165, 1.54) is 16.4 Å². The molecule has 2 aromatic rings. The summed E-state index contributed by atoms with van der Waals surface area (Å²) >= 11 is 9.34. The lowest BCUT2D eigenvalue weighted by atomic mass is 10.3. The first-order chi connectivity index (χ1) is 12.3. The molecular weight excluding hydrogens is 448 g/mol. The summed E-state index contributed by atoms with van der Waals surface area (Å²) in [5.41, 5.74) is -0.441. The van der Waals surface area contributed by atoms with E-state index in [-0.39, 0.29) is 21.4 Å². The van der Waals surface area contributed by atoms with E-state index in [2.05, 4.69) is 15.9 Å². The lowest BCUT2D eigenvalue weighted by molar-refractivity contribution is -0.385. The van der Waals surface area contributed by atoms with Crippen LogP contribution in [0.25, 0.3) is 0 Å². The third-order valence-corrected chi connectivity index (χ3v) is 6.63. The summed E-state index contributed by atoms with van der Waals surface area (Å²) in [6, 6.07) is 8.44. The molecule has 0 bridgehead atoms. The lowest BCUT2D eigenvalue weighted by Crippen LogP contribution is -2.27. The Hall–Kier alpha value is -1.68. The maximum absolute atomic E-state index is 12.6. The highest BCUT2D eigenvalue weighted by Crippen LogP contribution is 2.37. The van der Waals surface area contributed by atoms with Crippen LogP contribution >= 0.6 is 27.5 Å². The first-order valence-corrected chi connectivity index (χ1v) is 10.3. The van der Waals surface area contributed by atoms with E-state index >= 15 is 0 Å². The monoisotopic (exact) mass is 460 g/mol. The quantitative estimate of drug-likeness (QED) is 0.480. The van der Waals surface area contributed by atoms with Gasteiger partial charge in [0, 0.05) is 23.6 Å². The molecule has 0 aliphatic carbocycles. The SMILES string of the molecule is O=[N+]([O-])c1cc(S(=O)(=O)N2CCCC2)ccc1Oc1ccc(Br)cc1Cl. The number of hydrogen-bond acceptors (Lipinski definition) is 5. The lowest BCUT2D eigenvalue weighted by Gasteiger charge is -2.16. The van der Waals surface area contributed by atoms with Gasteiger partial charge in [0.25, 0.3) is 0 Å². The molecule has 1 aliphatic heterocycles. The highest BCUT2D eigenvalue weighted by atomic mass is 79.9. The molecular formula is C16H14BrClN2O5S. The first kappa shape index (κ1) is 19.1. The van der Waals surface area contributed by atoms with Gasteiger partial charge in [-0.2, -0.15) is 4.31 Å². The number of nitrogens with zero attached hydrogens (tertiary/aromatic N) is 2. The summed E-state index contributed by atoms with van der Waals surface area (Å²) in [5.74, 6) is 0.146. The topological polar surface area (TPSA) is 89.8 Å². The van der Waals surface area contributed by atoms with Crippen LogP contribution in [0.5, 0.6) is 11.5 Å². The fraction of sp³-hybridized carbons (Fsp3) is 0.250. The normalized spacial score (nSPS) is 15.2. The molecule has 2 aromatic carbocycles. The van der Waals surface area contributed by atoms with Crippen molar-refractivity contribution in [3.8, 4) is 11.5 Å². The Morgan fingerprint density at radius 3 is 2.38 bits per heavy atom. The molecule has 0 radical (unpaired) electrons. The van der Waals surface area contributed by atoms with Crippen LogP contribution in [-0.2, 0) is 10.0 Å². The molecule has 3 rings (SSSR count). The molecule has 0 aromatic heterocycles. The van der Waals surface area contributed by atoms with Crippen molar-refractivity contribution in [3.05, 3.63) is 56.0 Å². The zero-order valence-corrected chi connectivity index (χ0v) is 16.6. The number of ether oxygens (including phenoxy) is 1. The van der Waals surface area contributed by atoms with Crippen molar-refractivity contribution in [2.75, 3.05) is 13.1 Å². The molecule has 0 spiro atoms. The van der Waals surface area contributed by atoms with Gasteiger partial charge in [-0.25, -0.2) is 8.42 Å². The van der Waals surface area contributed by atoms with Crippen molar-refractivity contribution in [1.29, 1.82) is 0 Å². The van der Waals surface area contributed by atoms with E-state index in [1.54, 1.807) is 18.2 Å². The molecule has 1 heterocycles. The summed E-state index contributed by atoms with van der Waals surface area (Å²) in [4.78, 5) is 10.6. The van der Waals surface area contributed by atoms with Crippen LogP contribution in [-0.4, -0.2) is 30.7 Å². The molecule has 1 aliphatic rings. The molecule has 10 heteroatoms. The van der Waals surface area contributed by atoms with Crippen LogP contribution in [0.2, 0.25) is 5.02 Å². The second kappa shape index (κ2) is 7.51. The molecule has 0 amide bonds. The van der Waals surface area contributed by atoms with Crippen molar-refractivity contribution in [2.45, 2.75) is 17.7 Å². The largest absolute Gasteiger partial charge is 0.449 e. The van der Waals surface area contributed by atoms with Crippen LogP contribution in [0.3, 0.4) is 0 Å². The summed E-state index contributed by atoms with van der Waals surface area (Å²) < 4.78 is 32.8. The Morgan fingerprint density at radius 1 is 1.12 bits per heavy atom. The Morgan fingerprint density at radius 2 is 1.77 bits per heavy atom. The Labute approximate surface area is 163 Å². The number of benzene rings is 2. The number of sulfonamides is 1. The van der Waals surface area contributed by atoms with Crippen LogP contribution in [0.15, 0.2) is 45.8 Å². The molecule has 0 atom stereocenters. The molecule has 7 nitrogen and oxygen atoms in total. The van der Waals surface area contributed by atoms with Crippen LogP contribution in [0.1, 0.15) is 12.8 Å². The van der Waals surface area contributed by atoms with Crippen LogP contribution in [0, 0.1) is 10.1 Å². The summed E-state index contributed by atoms with van der Waals surface area (Å²) in [5, 5.41) is 11.7. The van der Waals surface area contributed by atoms with Gasteiger partial charge in [0.05, 0.1) is 14.8 Å². The predicted octanol–water partition coefficient (Wildman–Crippen LogP) is 4.59. The standard InChI is InChI=1S/C16H14BrClN2O5S/c17-11-3-5-15(13(18)9-11)25-16-6-4-12(10-14(16)20(21)22)26(23,24)19-7-1-2-8-19/h3-6,9-10H,1-2,7-8H2. The van der Waals surface area contributed by atoms with E-state index in [1.807, 2.05) is 0 Å². The van der Waals surface area contributed by atoms with Gasteiger partial charge in [-0.15, -0.1) is 0 Å². The van der Waals surface area contributed by atoms with E-state index < -0.39 is 20.6 Å². The minimum atomic E-state index is -3.76. The molecule has 26 heavy (non-hydrogen) atoms. The van der Waals surface area contributed by atoms with Gasteiger partial charge in [0.1, 0.15) is 5.75 Å². The molecule has 1 fully saturated rings. The number of nitro benzene ring substituents is 1. The zero-order chi connectivity index (χ0) is 18.9. The highest BCUT2D eigenvalue weighted by molar-refractivity contribution is 9.10. The third-order valence-electron chi connectivity index (χ3n) is 3.94. The van der Waals surface area contributed by atoms with E-state index in [9.17, 15) is 18.5 Å². The average Bonchev–Trinajstić information content (AvgIpc) is 3.12. The summed E-state index contributed by atoms with van der Waals surface area (Å²) in [6.07, 6.45) is 1.56. The fourth-order valence-corrected chi connectivity index (χ4v) is 4.89. The van der Waals surface area contributed by atoms with E-state index in [0.717, 1.165) is 23.4 Å². The van der Waals surface area contributed by atoms with Gasteiger partial charge in [0.2, 0.25) is 15.8 Å². The molecule has 0 N–H and O–H groups in total. The maximum atomic E-state index is 12.6. The number of halogens is 2. The average molecular weight is 462 g/mol. The van der Waals surface area contributed by atoms with E-state index in [0.29, 0.717) is 13.1 Å². The number of nitro groups is 1. The second-order valence-electron chi connectivity index (χ2n) is 5.67. The van der Waals surface area contributed by atoms with Crippen molar-refractivity contribution in [1.82, 2.24) is 4.31 Å². The van der Waals surface area contributed by atoms with Gasteiger partial charge < -0.3 is 4.74 Å². The smallest absolute Gasteiger partial charge is 0.312 e. The summed E-state index contributed by atoms with van der Waals surface area (Å²) in [7, 11) is -3.76. The van der Waals surface area contributed by atoms with Crippen molar-refractivity contribution < 1.29 is 18.1 Å². The van der Waals surface area contributed by atoms with Crippen LogP contribution < -0.4 is 4.74 Å². The van der Waals surface area contributed by atoms with Gasteiger partial charge in [-0.3, -0.25) is 10.1 Å². The minimum absolute atomic E-state index is 0.0837. The maximum Gasteiger partial charge on any atom is 0.312 e. The number of rotatable bonds is 5. The Balaban J connectivity index is 1.98. The molecule has 0 saturated carbocycles. The first-order valence-electron chi connectivity index (χ1n) is 7.70. The summed E-state index contributed by atoms with van der Waals surface area (Å²) in [6.45, 7) is 0.839. The molecule has 1 saturated heterocycles. The van der Waals surface area contributed by atoms with E-state index in [4.69, 9.17) is 16.3 Å². The van der Waals surface area contributed by atoms with Crippen molar-refractivity contribution in [3.63, 3.8) is 0 Å². The van der Waals surface area contributed by atoms with Crippen molar-refractivity contribution >= 4 is 43.2 Å². The number of hydrogen-bond donors (Lipinski definition) is 0. The second-order valence-corrected chi connectivity index (χ2v) is 8.94. The minimum Gasteiger partial charge on any atom is -0.449 e. The fourth-order valence-electron chi connectivity index (χ4n) is 2.64.